The first-order valence-electron chi connectivity index (χ1n) is 7.42. The summed E-state index contributed by atoms with van der Waals surface area (Å²) in [6, 6.07) is 11.3. The van der Waals surface area contributed by atoms with Crippen molar-refractivity contribution in [2.75, 3.05) is 19.5 Å². The van der Waals surface area contributed by atoms with Gasteiger partial charge in [-0.2, -0.15) is 0 Å². The number of ether oxygens (including phenoxy) is 2. The maximum Gasteiger partial charge on any atom is 0.251 e. The third-order valence-electron chi connectivity index (χ3n) is 3.52. The topological polar surface area (TPSA) is 47.6 Å². The summed E-state index contributed by atoms with van der Waals surface area (Å²) < 4.78 is 11.4. The molecule has 0 aliphatic carbocycles. The molecular formula is C19H20BrNO3. The van der Waals surface area contributed by atoms with Crippen molar-refractivity contribution in [2.45, 2.75) is 13.8 Å². The monoisotopic (exact) mass is 389 g/mol. The zero-order chi connectivity index (χ0) is 17.7. The molecule has 0 aliphatic heterocycles. The molecule has 0 aromatic heterocycles. The van der Waals surface area contributed by atoms with Crippen molar-refractivity contribution in [1.29, 1.82) is 0 Å². The molecule has 0 spiro atoms. The average Bonchev–Trinajstić information content (AvgIpc) is 2.57. The maximum atomic E-state index is 12.4. The summed E-state index contributed by atoms with van der Waals surface area (Å²) in [5.41, 5.74) is 3.32. The number of carbonyl (C=O) groups excluding carboxylic acids is 1. The van der Waals surface area contributed by atoms with Crippen molar-refractivity contribution in [3.05, 3.63) is 57.6 Å². The van der Waals surface area contributed by atoms with Crippen LogP contribution in [0, 0.1) is 6.92 Å². The molecule has 126 valence electrons. The summed E-state index contributed by atoms with van der Waals surface area (Å²) in [6.45, 7) is 3.77. The number of nitrogens with one attached hydrogen (secondary N) is 1. The van der Waals surface area contributed by atoms with E-state index >= 15 is 0 Å². The molecule has 2 aromatic carbocycles. The summed E-state index contributed by atoms with van der Waals surface area (Å²) in [7, 11) is 3.17. The number of hydrogen-bond acceptors (Lipinski definition) is 3. The van der Waals surface area contributed by atoms with Gasteiger partial charge in [-0.1, -0.05) is 12.1 Å². The van der Waals surface area contributed by atoms with Crippen LogP contribution in [0.3, 0.4) is 0 Å². The summed E-state index contributed by atoms with van der Waals surface area (Å²) in [5, 5.41) is 2.90. The Balaban J connectivity index is 2.19. The van der Waals surface area contributed by atoms with Crippen molar-refractivity contribution in [2.24, 2.45) is 0 Å². The molecule has 4 nitrogen and oxygen atoms in total. The van der Waals surface area contributed by atoms with Crippen molar-refractivity contribution < 1.29 is 14.3 Å². The summed E-state index contributed by atoms with van der Waals surface area (Å²) in [6.07, 6.45) is 1.80. The minimum Gasteiger partial charge on any atom is -0.493 e. The first kappa shape index (κ1) is 18.1. The van der Waals surface area contributed by atoms with Crippen molar-refractivity contribution in [3.63, 3.8) is 0 Å². The van der Waals surface area contributed by atoms with Gasteiger partial charge in [0.05, 0.1) is 19.9 Å². The van der Waals surface area contributed by atoms with E-state index in [4.69, 9.17) is 9.47 Å². The van der Waals surface area contributed by atoms with E-state index in [1.54, 1.807) is 27.2 Å². The van der Waals surface area contributed by atoms with E-state index in [0.29, 0.717) is 17.1 Å². The summed E-state index contributed by atoms with van der Waals surface area (Å²) in [4.78, 5) is 12.4. The smallest absolute Gasteiger partial charge is 0.251 e. The fraction of sp³-hybridized carbons (Fsp3) is 0.211. The van der Waals surface area contributed by atoms with Crippen molar-refractivity contribution >= 4 is 33.6 Å². The number of hydrogen-bond donors (Lipinski definition) is 1. The van der Waals surface area contributed by atoms with E-state index < -0.39 is 0 Å². The average molecular weight is 390 g/mol. The highest BCUT2D eigenvalue weighted by Crippen LogP contribution is 2.29. The van der Waals surface area contributed by atoms with Crippen LogP contribution in [-0.4, -0.2) is 20.1 Å². The molecule has 1 amide bonds. The number of rotatable bonds is 5. The van der Waals surface area contributed by atoms with Gasteiger partial charge in [-0.3, -0.25) is 4.79 Å². The van der Waals surface area contributed by atoms with E-state index in [2.05, 4.69) is 21.2 Å². The van der Waals surface area contributed by atoms with Crippen LogP contribution in [0.2, 0.25) is 0 Å². The predicted octanol–water partition coefficient (Wildman–Crippen LogP) is 4.82. The first-order chi connectivity index (χ1) is 11.4. The molecule has 0 atom stereocenters. The highest BCUT2D eigenvalue weighted by molar-refractivity contribution is 9.10. The van der Waals surface area contributed by atoms with Crippen LogP contribution >= 0.6 is 15.9 Å². The molecule has 0 bridgehead atoms. The van der Waals surface area contributed by atoms with Crippen LogP contribution in [-0.2, 0) is 4.79 Å². The predicted molar refractivity (Wildman–Crippen MR) is 101 cm³/mol. The fourth-order valence-electron chi connectivity index (χ4n) is 2.20. The Morgan fingerprint density at radius 2 is 1.79 bits per heavy atom. The number of amides is 1. The maximum absolute atomic E-state index is 12.4. The zero-order valence-corrected chi connectivity index (χ0v) is 15.7. The van der Waals surface area contributed by atoms with Gasteiger partial charge < -0.3 is 14.8 Å². The molecule has 0 heterocycles. The van der Waals surface area contributed by atoms with E-state index in [1.165, 1.54) is 0 Å². The summed E-state index contributed by atoms with van der Waals surface area (Å²) >= 11 is 3.46. The molecule has 5 heteroatoms. The molecule has 24 heavy (non-hydrogen) atoms. The van der Waals surface area contributed by atoms with Crippen LogP contribution < -0.4 is 14.8 Å². The lowest BCUT2D eigenvalue weighted by molar-refractivity contribution is -0.112. The second-order valence-corrected chi connectivity index (χ2v) is 6.23. The minimum atomic E-state index is -0.158. The number of benzene rings is 2. The van der Waals surface area contributed by atoms with E-state index in [1.807, 2.05) is 43.3 Å². The summed E-state index contributed by atoms with van der Waals surface area (Å²) in [5.74, 6) is 1.12. The highest BCUT2D eigenvalue weighted by Gasteiger charge is 2.09. The van der Waals surface area contributed by atoms with Gasteiger partial charge >= 0.3 is 0 Å². The highest BCUT2D eigenvalue weighted by atomic mass is 79.9. The Kier molecular flexibility index (Phi) is 6.04. The number of carbonyl (C=O) groups is 1. The van der Waals surface area contributed by atoms with Crippen LogP contribution in [0.4, 0.5) is 5.69 Å². The lowest BCUT2D eigenvalue weighted by Gasteiger charge is -2.10. The van der Waals surface area contributed by atoms with Crippen LogP contribution in [0.5, 0.6) is 11.5 Å². The first-order valence-corrected chi connectivity index (χ1v) is 8.21. The molecule has 0 saturated carbocycles. The molecule has 0 aliphatic rings. The van der Waals surface area contributed by atoms with Crippen LogP contribution in [0.1, 0.15) is 18.1 Å². The van der Waals surface area contributed by atoms with Gasteiger partial charge in [0.25, 0.3) is 5.91 Å². The van der Waals surface area contributed by atoms with Gasteiger partial charge in [-0.05, 0) is 71.2 Å². The van der Waals surface area contributed by atoms with Gasteiger partial charge in [-0.25, -0.2) is 0 Å². The number of anilines is 1. The van der Waals surface area contributed by atoms with Gasteiger partial charge in [-0.15, -0.1) is 0 Å². The Hall–Kier alpha value is -2.27. The second kappa shape index (κ2) is 8.02. The number of aryl methyl sites for hydroxylation is 1. The van der Waals surface area contributed by atoms with Crippen molar-refractivity contribution in [3.8, 4) is 11.5 Å². The molecule has 0 radical (unpaired) electrons. The molecule has 0 saturated heterocycles. The van der Waals surface area contributed by atoms with Gasteiger partial charge in [0.15, 0.2) is 11.5 Å². The minimum absolute atomic E-state index is 0.158. The van der Waals surface area contributed by atoms with Gasteiger partial charge in [0.2, 0.25) is 0 Å². The Morgan fingerprint density at radius 3 is 2.42 bits per heavy atom. The Labute approximate surface area is 150 Å². The fourth-order valence-corrected chi connectivity index (χ4v) is 2.79. The van der Waals surface area contributed by atoms with Crippen molar-refractivity contribution in [1.82, 2.24) is 0 Å². The molecule has 2 rings (SSSR count). The third kappa shape index (κ3) is 4.38. The Morgan fingerprint density at radius 1 is 1.08 bits per heavy atom. The van der Waals surface area contributed by atoms with E-state index in [-0.39, 0.29) is 5.91 Å². The molecule has 1 N–H and O–H groups in total. The van der Waals surface area contributed by atoms with E-state index in [9.17, 15) is 4.79 Å². The van der Waals surface area contributed by atoms with E-state index in [0.717, 1.165) is 21.3 Å². The van der Waals surface area contributed by atoms with Crippen LogP contribution in [0.15, 0.2) is 46.4 Å². The molecule has 2 aromatic rings. The second-order valence-electron chi connectivity index (χ2n) is 5.38. The SMILES string of the molecule is COc1ccc(/C=C(\C)C(=O)Nc2ccc(C)cc2Br)cc1OC. The van der Waals surface area contributed by atoms with Gasteiger partial charge in [0.1, 0.15) is 0 Å². The number of methoxy groups -OCH3 is 2. The third-order valence-corrected chi connectivity index (χ3v) is 4.18. The Bertz CT molecular complexity index is 784. The lowest BCUT2D eigenvalue weighted by Crippen LogP contribution is -2.13. The quantitative estimate of drug-likeness (QED) is 0.745. The number of halogens is 1. The standard InChI is InChI=1S/C19H20BrNO3/c1-12-5-7-16(15(20)9-12)21-19(22)13(2)10-14-6-8-17(23-3)18(11-14)24-4/h5-11H,1-4H3,(H,21,22)/b13-10+. The zero-order valence-electron chi connectivity index (χ0n) is 14.1. The molecule has 0 fully saturated rings. The van der Waals surface area contributed by atoms with Crippen LogP contribution in [0.25, 0.3) is 6.08 Å². The largest absolute Gasteiger partial charge is 0.493 e. The molecular weight excluding hydrogens is 370 g/mol. The van der Waals surface area contributed by atoms with Gasteiger partial charge in [0, 0.05) is 10.0 Å². The normalized spacial score (nSPS) is 11.1. The molecule has 0 unspecified atom stereocenters. The lowest BCUT2D eigenvalue weighted by atomic mass is 10.1.